The Hall–Kier alpha value is -1.14. The van der Waals surface area contributed by atoms with E-state index in [9.17, 15) is 9.59 Å². The molecule has 0 bridgehead atoms. The van der Waals surface area contributed by atoms with E-state index in [2.05, 4.69) is 12.1 Å². The van der Waals surface area contributed by atoms with Crippen molar-refractivity contribution in [2.75, 3.05) is 29.8 Å². The molecule has 4 nitrogen and oxygen atoms in total. The maximum atomic E-state index is 12.6. The topological polar surface area (TPSA) is 40.6 Å². The minimum absolute atomic E-state index is 0.121. The van der Waals surface area contributed by atoms with Crippen molar-refractivity contribution in [3.05, 3.63) is 35.9 Å². The quantitative estimate of drug-likeness (QED) is 0.818. The molecule has 2 saturated heterocycles. The summed E-state index contributed by atoms with van der Waals surface area (Å²) < 4.78 is 0. The van der Waals surface area contributed by atoms with Gasteiger partial charge in [-0.2, -0.15) is 0 Å². The smallest absolute Gasteiger partial charge is 0.246 e. The number of hydrogen-bond acceptors (Lipinski definition) is 4. The second-order valence-electron chi connectivity index (χ2n) is 5.86. The van der Waals surface area contributed by atoms with Gasteiger partial charge >= 0.3 is 0 Å². The molecule has 0 saturated carbocycles. The van der Waals surface area contributed by atoms with Crippen molar-refractivity contribution < 1.29 is 9.59 Å². The summed E-state index contributed by atoms with van der Waals surface area (Å²) in [6.07, 6.45) is 2.27. The van der Waals surface area contributed by atoms with Crippen LogP contribution in [-0.2, 0) is 16.0 Å². The number of nitrogens with zero attached hydrogens (tertiary/aromatic N) is 2. The zero-order chi connectivity index (χ0) is 16.1. The Morgan fingerprint density at radius 2 is 1.96 bits per heavy atom. The van der Waals surface area contributed by atoms with Gasteiger partial charge in [0, 0.05) is 24.5 Å². The lowest BCUT2D eigenvalue weighted by molar-refractivity contribution is -0.142. The minimum atomic E-state index is -0.247. The zero-order valence-electron chi connectivity index (χ0n) is 13.1. The van der Waals surface area contributed by atoms with Crippen molar-refractivity contribution in [3.8, 4) is 0 Å². The summed E-state index contributed by atoms with van der Waals surface area (Å²) in [5.41, 5.74) is 1.26. The van der Waals surface area contributed by atoms with Crippen LogP contribution in [0.5, 0.6) is 0 Å². The first-order valence-electron chi connectivity index (χ1n) is 8.03. The molecule has 2 aliphatic rings. The van der Waals surface area contributed by atoms with Gasteiger partial charge in [0.15, 0.2) is 0 Å². The lowest BCUT2D eigenvalue weighted by atomic mass is 10.1. The van der Waals surface area contributed by atoms with E-state index in [1.165, 1.54) is 5.56 Å². The standard InChI is InChI=1S/C17H22N2O2S2/c20-16(8-4-7-14-5-2-1-3-6-14)19-13-23-11-15(19)17(21)18-9-10-22-12-18/h1-3,5-6,15H,4,7-13H2/t15-/m1/s1. The predicted molar refractivity (Wildman–Crippen MR) is 96.4 cm³/mol. The Morgan fingerprint density at radius 1 is 1.13 bits per heavy atom. The number of carbonyl (C=O) groups excluding carboxylic acids is 2. The van der Waals surface area contributed by atoms with Crippen molar-refractivity contribution in [1.29, 1.82) is 0 Å². The fourth-order valence-electron chi connectivity index (χ4n) is 2.92. The first kappa shape index (κ1) is 16.7. The predicted octanol–water partition coefficient (Wildman–Crippen LogP) is 2.44. The molecule has 2 heterocycles. The largest absolute Gasteiger partial charge is 0.331 e. The summed E-state index contributed by atoms with van der Waals surface area (Å²) in [6, 6.07) is 9.99. The van der Waals surface area contributed by atoms with E-state index < -0.39 is 0 Å². The Morgan fingerprint density at radius 3 is 2.70 bits per heavy atom. The van der Waals surface area contributed by atoms with Crippen LogP contribution in [0.1, 0.15) is 18.4 Å². The number of benzene rings is 1. The van der Waals surface area contributed by atoms with Crippen molar-refractivity contribution in [3.63, 3.8) is 0 Å². The summed E-state index contributed by atoms with van der Waals surface area (Å²) in [4.78, 5) is 28.8. The van der Waals surface area contributed by atoms with Crippen LogP contribution in [0.2, 0.25) is 0 Å². The number of carbonyl (C=O) groups is 2. The van der Waals surface area contributed by atoms with Gasteiger partial charge in [-0.25, -0.2) is 0 Å². The number of aryl methyl sites for hydroxylation is 1. The van der Waals surface area contributed by atoms with Crippen molar-refractivity contribution in [2.45, 2.75) is 25.3 Å². The molecule has 23 heavy (non-hydrogen) atoms. The molecule has 2 amide bonds. The molecule has 0 unspecified atom stereocenters. The minimum Gasteiger partial charge on any atom is -0.331 e. The Labute approximate surface area is 146 Å². The van der Waals surface area contributed by atoms with E-state index in [4.69, 9.17) is 0 Å². The van der Waals surface area contributed by atoms with Crippen molar-refractivity contribution in [2.24, 2.45) is 0 Å². The Balaban J connectivity index is 1.50. The highest BCUT2D eigenvalue weighted by Crippen LogP contribution is 2.26. The molecule has 2 aliphatic heterocycles. The summed E-state index contributed by atoms with van der Waals surface area (Å²) in [7, 11) is 0. The van der Waals surface area contributed by atoms with Crippen LogP contribution in [0.15, 0.2) is 30.3 Å². The second-order valence-corrected chi connectivity index (χ2v) is 7.93. The molecule has 0 spiro atoms. The molecule has 0 N–H and O–H groups in total. The average molecular weight is 351 g/mol. The summed E-state index contributed by atoms with van der Waals surface area (Å²) in [5, 5.41) is 0. The summed E-state index contributed by atoms with van der Waals surface area (Å²) in [5.74, 6) is 3.44. The van der Waals surface area contributed by atoms with Gasteiger partial charge < -0.3 is 9.80 Å². The van der Waals surface area contributed by atoms with E-state index in [1.54, 1.807) is 28.4 Å². The highest BCUT2D eigenvalue weighted by Gasteiger charge is 2.37. The second kappa shape index (κ2) is 8.11. The van der Waals surface area contributed by atoms with E-state index in [0.29, 0.717) is 12.3 Å². The van der Waals surface area contributed by atoms with Crippen LogP contribution in [0, 0.1) is 0 Å². The van der Waals surface area contributed by atoms with Crippen LogP contribution in [0.3, 0.4) is 0 Å². The molecule has 3 rings (SSSR count). The molecule has 1 aromatic rings. The van der Waals surface area contributed by atoms with Crippen LogP contribution < -0.4 is 0 Å². The Bertz CT molecular complexity index is 547. The molecule has 1 atom stereocenters. The third kappa shape index (κ3) is 4.23. The van der Waals surface area contributed by atoms with Crippen LogP contribution in [-0.4, -0.2) is 57.5 Å². The average Bonchev–Trinajstić information content (AvgIpc) is 3.27. The van der Waals surface area contributed by atoms with E-state index in [-0.39, 0.29) is 17.9 Å². The summed E-state index contributed by atoms with van der Waals surface area (Å²) >= 11 is 3.47. The molecule has 1 aromatic carbocycles. The SMILES string of the molecule is O=C([C@H]1CSCN1C(=O)CCCc1ccccc1)N1CCSC1. The number of thioether (sulfide) groups is 2. The van der Waals surface area contributed by atoms with E-state index >= 15 is 0 Å². The van der Waals surface area contributed by atoms with Gasteiger partial charge in [-0.3, -0.25) is 9.59 Å². The van der Waals surface area contributed by atoms with Gasteiger partial charge in [-0.05, 0) is 18.4 Å². The van der Waals surface area contributed by atoms with Gasteiger partial charge in [0.1, 0.15) is 6.04 Å². The van der Waals surface area contributed by atoms with Crippen LogP contribution in [0.25, 0.3) is 0 Å². The van der Waals surface area contributed by atoms with Gasteiger partial charge in [-0.15, -0.1) is 23.5 Å². The normalized spacial score (nSPS) is 21.0. The Kier molecular flexibility index (Phi) is 5.89. The fourth-order valence-corrected chi connectivity index (χ4v) is 5.05. The number of amides is 2. The molecule has 6 heteroatoms. The van der Waals surface area contributed by atoms with Crippen LogP contribution >= 0.6 is 23.5 Å². The molecule has 0 radical (unpaired) electrons. The lowest BCUT2D eigenvalue weighted by Crippen LogP contribution is -2.48. The molecule has 2 fully saturated rings. The van der Waals surface area contributed by atoms with Gasteiger partial charge in [0.2, 0.25) is 11.8 Å². The van der Waals surface area contributed by atoms with E-state index in [0.717, 1.165) is 36.8 Å². The zero-order valence-corrected chi connectivity index (χ0v) is 14.8. The molecule has 0 aromatic heterocycles. The van der Waals surface area contributed by atoms with Gasteiger partial charge in [0.05, 0.1) is 11.8 Å². The highest BCUT2D eigenvalue weighted by molar-refractivity contribution is 7.99. The third-order valence-corrected chi connectivity index (χ3v) is 6.23. The molecule has 124 valence electrons. The van der Waals surface area contributed by atoms with Gasteiger partial charge in [0.25, 0.3) is 0 Å². The monoisotopic (exact) mass is 350 g/mol. The number of hydrogen-bond donors (Lipinski definition) is 0. The first-order valence-corrected chi connectivity index (χ1v) is 10.3. The lowest BCUT2D eigenvalue weighted by Gasteiger charge is -2.26. The fraction of sp³-hybridized carbons (Fsp3) is 0.529. The van der Waals surface area contributed by atoms with Crippen LogP contribution in [0.4, 0.5) is 0 Å². The maximum absolute atomic E-state index is 12.6. The maximum Gasteiger partial charge on any atom is 0.246 e. The van der Waals surface area contributed by atoms with Gasteiger partial charge in [-0.1, -0.05) is 30.3 Å². The number of rotatable bonds is 5. The molecular weight excluding hydrogens is 328 g/mol. The summed E-state index contributed by atoms with van der Waals surface area (Å²) in [6.45, 7) is 0.820. The third-order valence-electron chi connectivity index (χ3n) is 4.25. The first-order chi connectivity index (χ1) is 11.3. The highest BCUT2D eigenvalue weighted by atomic mass is 32.2. The van der Waals surface area contributed by atoms with Crippen molar-refractivity contribution >= 4 is 35.3 Å². The van der Waals surface area contributed by atoms with E-state index in [1.807, 2.05) is 23.1 Å². The molecular formula is C17H22N2O2S2. The van der Waals surface area contributed by atoms with Crippen molar-refractivity contribution in [1.82, 2.24) is 9.80 Å². The molecule has 0 aliphatic carbocycles.